The van der Waals surface area contributed by atoms with Crippen LogP contribution in [-0.4, -0.2) is 30.5 Å². The Hall–Kier alpha value is -3.41. The van der Waals surface area contributed by atoms with Crippen molar-refractivity contribution in [1.29, 1.82) is 0 Å². The van der Waals surface area contributed by atoms with Crippen molar-refractivity contribution in [3.63, 3.8) is 0 Å². The van der Waals surface area contributed by atoms with E-state index in [2.05, 4.69) is 47.8 Å². The van der Waals surface area contributed by atoms with Crippen LogP contribution < -0.4 is 5.32 Å². The van der Waals surface area contributed by atoms with Crippen LogP contribution in [0.3, 0.4) is 0 Å². The van der Waals surface area contributed by atoms with Crippen molar-refractivity contribution in [2.45, 2.75) is 44.4 Å². The van der Waals surface area contributed by atoms with Gasteiger partial charge in [0.1, 0.15) is 0 Å². The molecule has 180 valence electrons. The molecule has 1 aliphatic carbocycles. The second kappa shape index (κ2) is 10.9. The quantitative estimate of drug-likeness (QED) is 0.336. The van der Waals surface area contributed by atoms with Gasteiger partial charge in [-0.3, -0.25) is 4.79 Å². The second-order valence-electron chi connectivity index (χ2n) is 9.14. The molecule has 5 heteroatoms. The Morgan fingerprint density at radius 2 is 1.77 bits per heavy atom. The van der Waals surface area contributed by atoms with Crippen LogP contribution in [0.5, 0.6) is 0 Å². The van der Waals surface area contributed by atoms with E-state index in [4.69, 9.17) is 14.6 Å². The lowest BCUT2D eigenvalue weighted by atomic mass is 9.90. The molecule has 5 nitrogen and oxygen atoms in total. The molecule has 5 rings (SSSR count). The molecular formula is C30H31NO4. The van der Waals surface area contributed by atoms with Gasteiger partial charge in [-0.2, -0.15) is 0 Å². The summed E-state index contributed by atoms with van der Waals surface area (Å²) in [5, 5.41) is 12.0. The number of unbranched alkanes of at least 4 members (excludes halogenated alkanes) is 1. The van der Waals surface area contributed by atoms with Crippen molar-refractivity contribution < 1.29 is 19.4 Å². The molecule has 0 bridgehead atoms. The highest BCUT2D eigenvalue weighted by atomic mass is 16.7. The third-order valence-electron chi connectivity index (χ3n) is 6.68. The van der Waals surface area contributed by atoms with E-state index in [0.717, 1.165) is 24.0 Å². The highest BCUT2D eigenvalue weighted by molar-refractivity contribution is 5.91. The summed E-state index contributed by atoms with van der Waals surface area (Å²) in [6.07, 6.45) is 4.43. The third-order valence-corrected chi connectivity index (χ3v) is 6.68. The van der Waals surface area contributed by atoms with E-state index in [1.807, 2.05) is 36.4 Å². The van der Waals surface area contributed by atoms with Gasteiger partial charge in [0.2, 0.25) is 6.29 Å². The van der Waals surface area contributed by atoms with Crippen molar-refractivity contribution in [2.75, 3.05) is 13.2 Å². The first-order valence-corrected chi connectivity index (χ1v) is 12.4. The first-order chi connectivity index (χ1) is 17.2. The van der Waals surface area contributed by atoms with Crippen LogP contribution in [0.2, 0.25) is 0 Å². The van der Waals surface area contributed by atoms with Crippen LogP contribution >= 0.6 is 0 Å². The Bertz CT molecular complexity index is 1200. The lowest BCUT2D eigenvalue weighted by molar-refractivity contribution is -0.146. The zero-order chi connectivity index (χ0) is 24.0. The fourth-order valence-electron chi connectivity index (χ4n) is 4.82. The van der Waals surface area contributed by atoms with E-state index in [0.29, 0.717) is 31.8 Å². The van der Waals surface area contributed by atoms with Gasteiger partial charge >= 0.3 is 0 Å². The minimum atomic E-state index is -0.512. The maximum absolute atomic E-state index is 13.0. The number of aliphatic hydroxyl groups is 1. The fourth-order valence-corrected chi connectivity index (χ4v) is 4.82. The number of carbonyl (C=O) groups is 1. The molecule has 0 saturated carbocycles. The molecule has 35 heavy (non-hydrogen) atoms. The number of hydrogen-bond donors (Lipinski definition) is 2. The highest BCUT2D eigenvalue weighted by Gasteiger charge is 2.29. The van der Waals surface area contributed by atoms with E-state index in [9.17, 15) is 4.79 Å². The van der Waals surface area contributed by atoms with Crippen LogP contribution in [-0.2, 0) is 27.2 Å². The summed E-state index contributed by atoms with van der Waals surface area (Å²) in [6, 6.07) is 25.0. The summed E-state index contributed by atoms with van der Waals surface area (Å²) in [5.74, 6) is 0.0568. The fraction of sp³-hybridized carbons (Fsp3) is 0.300. The first kappa shape index (κ1) is 23.3. The Morgan fingerprint density at radius 3 is 2.63 bits per heavy atom. The van der Waals surface area contributed by atoms with Crippen LogP contribution in [0.15, 0.2) is 84.6 Å². The molecule has 0 aromatic heterocycles. The zero-order valence-corrected chi connectivity index (χ0v) is 19.8. The van der Waals surface area contributed by atoms with Gasteiger partial charge in [-0.05, 0) is 58.7 Å². The lowest BCUT2D eigenvalue weighted by Gasteiger charge is -2.29. The maximum Gasteiger partial charge on any atom is 0.286 e. The number of hydrogen-bond acceptors (Lipinski definition) is 4. The molecule has 2 atom stereocenters. The van der Waals surface area contributed by atoms with Gasteiger partial charge in [-0.15, -0.1) is 0 Å². The zero-order valence-electron chi connectivity index (χ0n) is 19.8. The number of nitrogens with one attached hydrogen (secondary N) is 1. The Balaban J connectivity index is 1.36. The number of ether oxygens (including phenoxy) is 2. The molecule has 2 aliphatic rings. The van der Waals surface area contributed by atoms with Crippen LogP contribution in [0.25, 0.3) is 11.1 Å². The minimum Gasteiger partial charge on any atom is -0.459 e. The van der Waals surface area contributed by atoms with Gasteiger partial charge in [0.05, 0.1) is 6.61 Å². The van der Waals surface area contributed by atoms with Crippen molar-refractivity contribution in [2.24, 2.45) is 0 Å². The number of carbonyl (C=O) groups excluding carboxylic acids is 1. The Morgan fingerprint density at radius 1 is 0.971 bits per heavy atom. The van der Waals surface area contributed by atoms with Gasteiger partial charge in [0.15, 0.2) is 5.76 Å². The molecular weight excluding hydrogens is 438 g/mol. The average Bonchev–Trinajstić information content (AvgIpc) is 3.28. The van der Waals surface area contributed by atoms with E-state index >= 15 is 0 Å². The summed E-state index contributed by atoms with van der Waals surface area (Å²) in [5.41, 5.74) is 7.44. The SMILES string of the molecule is O=C(NCc1ccccc1)C1=C[C@H](c2ccc3c(c2)-c2ccccc2C3)C[C@H](OCCCCO)O1. The van der Waals surface area contributed by atoms with Crippen molar-refractivity contribution in [3.8, 4) is 11.1 Å². The second-order valence-corrected chi connectivity index (χ2v) is 9.14. The van der Waals surface area contributed by atoms with E-state index in [1.165, 1.54) is 22.3 Å². The average molecular weight is 470 g/mol. The molecule has 3 aromatic carbocycles. The number of amides is 1. The summed E-state index contributed by atoms with van der Waals surface area (Å²) < 4.78 is 12.0. The molecule has 1 amide bonds. The van der Waals surface area contributed by atoms with Crippen LogP contribution in [0, 0.1) is 0 Å². The number of allylic oxidation sites excluding steroid dienone is 1. The molecule has 0 unspecified atom stereocenters. The summed E-state index contributed by atoms with van der Waals surface area (Å²) in [6.45, 7) is 1.05. The van der Waals surface area contributed by atoms with Gasteiger partial charge in [0, 0.05) is 25.5 Å². The highest BCUT2D eigenvalue weighted by Crippen LogP contribution is 2.40. The van der Waals surface area contributed by atoms with Gasteiger partial charge in [0.25, 0.3) is 5.91 Å². The number of rotatable bonds is 9. The predicted octanol–water partition coefficient (Wildman–Crippen LogP) is 5.08. The molecule has 0 radical (unpaired) electrons. The molecule has 3 aromatic rings. The largest absolute Gasteiger partial charge is 0.459 e. The summed E-state index contributed by atoms with van der Waals surface area (Å²) in [7, 11) is 0. The van der Waals surface area contributed by atoms with Gasteiger partial charge < -0.3 is 19.9 Å². The Labute approximate surface area is 206 Å². The maximum atomic E-state index is 13.0. The first-order valence-electron chi connectivity index (χ1n) is 12.4. The lowest BCUT2D eigenvalue weighted by Crippen LogP contribution is -2.32. The molecule has 1 aliphatic heterocycles. The minimum absolute atomic E-state index is 0.00197. The number of aliphatic hydroxyl groups excluding tert-OH is 1. The Kier molecular flexibility index (Phi) is 7.26. The molecule has 1 heterocycles. The topological polar surface area (TPSA) is 67.8 Å². The van der Waals surface area contributed by atoms with E-state index in [1.54, 1.807) is 0 Å². The monoisotopic (exact) mass is 469 g/mol. The molecule has 2 N–H and O–H groups in total. The smallest absolute Gasteiger partial charge is 0.286 e. The standard InChI is InChI=1S/C30H31NO4/c32-14-6-7-15-34-29-19-25(18-28(35-29)30(33)31-20-21-8-2-1-3-9-21)22-12-13-24-16-23-10-4-5-11-26(23)27(24)17-22/h1-5,8-13,17-18,25,29,32H,6-7,14-16,19-20H2,(H,31,33)/t25-,29+/m0/s1. The number of benzene rings is 3. The summed E-state index contributed by atoms with van der Waals surface area (Å²) in [4.78, 5) is 13.0. The number of fused-ring (bicyclic) bond motifs is 3. The van der Waals surface area contributed by atoms with Gasteiger partial charge in [-0.25, -0.2) is 0 Å². The van der Waals surface area contributed by atoms with Crippen LogP contribution in [0.4, 0.5) is 0 Å². The van der Waals surface area contributed by atoms with E-state index in [-0.39, 0.29) is 18.4 Å². The van der Waals surface area contributed by atoms with Gasteiger partial charge in [-0.1, -0.05) is 72.8 Å². The van der Waals surface area contributed by atoms with E-state index < -0.39 is 6.29 Å². The van der Waals surface area contributed by atoms with Crippen LogP contribution in [0.1, 0.15) is 47.4 Å². The molecule has 0 spiro atoms. The normalized spacial score (nSPS) is 18.3. The summed E-state index contributed by atoms with van der Waals surface area (Å²) >= 11 is 0. The molecule has 0 saturated heterocycles. The molecule has 0 fully saturated rings. The van der Waals surface area contributed by atoms with Crippen molar-refractivity contribution >= 4 is 5.91 Å². The third kappa shape index (κ3) is 5.47. The predicted molar refractivity (Wildman–Crippen MR) is 136 cm³/mol. The van der Waals surface area contributed by atoms with Crippen molar-refractivity contribution in [1.82, 2.24) is 5.32 Å². The van der Waals surface area contributed by atoms with Crippen molar-refractivity contribution in [3.05, 3.63) is 107 Å².